The number of esters is 1. The van der Waals surface area contributed by atoms with Gasteiger partial charge in [-0.3, -0.25) is 9.59 Å². The van der Waals surface area contributed by atoms with Crippen molar-refractivity contribution in [3.8, 4) is 23.0 Å². The van der Waals surface area contributed by atoms with E-state index in [2.05, 4.69) is 0 Å². The van der Waals surface area contributed by atoms with Gasteiger partial charge in [-0.15, -0.1) is 0 Å². The highest BCUT2D eigenvalue weighted by Gasteiger charge is 2.30. The van der Waals surface area contributed by atoms with Crippen LogP contribution in [0.3, 0.4) is 0 Å². The van der Waals surface area contributed by atoms with Crippen LogP contribution in [0, 0.1) is 0 Å². The average molecular weight is 589 g/mol. The minimum absolute atomic E-state index is 0.0545. The second kappa shape index (κ2) is 11.7. The Kier molecular flexibility index (Phi) is 9.17. The molecule has 0 aromatic heterocycles. The maximum atomic E-state index is 13.6. The Bertz CT molecular complexity index is 1510. The molecular formula is C37H48O6. The first kappa shape index (κ1) is 33.7. The van der Waals surface area contributed by atoms with Crippen LogP contribution in [0.2, 0.25) is 0 Å². The van der Waals surface area contributed by atoms with Gasteiger partial charge in [-0.2, -0.15) is 0 Å². The molecule has 0 saturated heterocycles. The van der Waals surface area contributed by atoms with Crippen molar-refractivity contribution in [2.45, 2.75) is 111 Å². The van der Waals surface area contributed by atoms with Crippen molar-refractivity contribution in [1.29, 1.82) is 0 Å². The van der Waals surface area contributed by atoms with E-state index in [1.807, 2.05) is 88.3 Å². The van der Waals surface area contributed by atoms with Crippen molar-refractivity contribution in [3.05, 3.63) is 81.4 Å². The molecule has 0 heterocycles. The quantitative estimate of drug-likeness (QED) is 0.151. The van der Waals surface area contributed by atoms with Gasteiger partial charge in [0.25, 0.3) is 0 Å². The van der Waals surface area contributed by atoms with E-state index in [1.165, 1.54) is 18.2 Å². The van der Waals surface area contributed by atoms with E-state index in [-0.39, 0.29) is 39.9 Å². The highest BCUT2D eigenvalue weighted by atomic mass is 16.5. The SMILES string of the molecule is CC(C)c1cc(C(C)C(=O)Oc2ccc(C(=O)c3cc(C(C)(C)C)c(O)c(C(C)(C)C)c3)c(O)c2)cc(C(C)(C)C)c1O. The summed E-state index contributed by atoms with van der Waals surface area (Å²) in [6, 6.07) is 11.3. The van der Waals surface area contributed by atoms with E-state index in [9.17, 15) is 24.9 Å². The molecule has 3 N–H and O–H groups in total. The molecular weight excluding hydrogens is 540 g/mol. The zero-order valence-corrected chi connectivity index (χ0v) is 27.8. The van der Waals surface area contributed by atoms with Crippen LogP contribution >= 0.6 is 0 Å². The van der Waals surface area contributed by atoms with Gasteiger partial charge in [-0.25, -0.2) is 0 Å². The van der Waals surface area contributed by atoms with E-state index in [0.29, 0.717) is 16.7 Å². The fraction of sp³-hybridized carbons (Fsp3) is 0.459. The second-order valence-corrected chi connectivity index (χ2v) is 15.0. The molecule has 0 bridgehead atoms. The number of hydrogen-bond donors (Lipinski definition) is 3. The first-order valence-corrected chi connectivity index (χ1v) is 14.9. The van der Waals surface area contributed by atoms with Crippen molar-refractivity contribution in [3.63, 3.8) is 0 Å². The predicted octanol–water partition coefficient (Wildman–Crippen LogP) is 8.76. The van der Waals surface area contributed by atoms with Crippen LogP contribution in [-0.4, -0.2) is 27.1 Å². The Morgan fingerprint density at radius 3 is 1.60 bits per heavy atom. The number of rotatable bonds is 6. The first-order valence-electron chi connectivity index (χ1n) is 14.9. The molecule has 0 spiro atoms. The van der Waals surface area contributed by atoms with Crippen LogP contribution in [0.15, 0.2) is 42.5 Å². The van der Waals surface area contributed by atoms with Gasteiger partial charge < -0.3 is 20.1 Å². The molecule has 6 nitrogen and oxygen atoms in total. The molecule has 232 valence electrons. The minimum Gasteiger partial charge on any atom is -0.507 e. The van der Waals surface area contributed by atoms with Gasteiger partial charge in [-0.1, -0.05) is 88.3 Å². The number of carbonyl (C=O) groups is 2. The topological polar surface area (TPSA) is 104 Å². The van der Waals surface area contributed by atoms with E-state index in [4.69, 9.17) is 4.74 Å². The van der Waals surface area contributed by atoms with Crippen molar-refractivity contribution >= 4 is 11.8 Å². The van der Waals surface area contributed by atoms with Crippen molar-refractivity contribution in [2.75, 3.05) is 0 Å². The maximum absolute atomic E-state index is 13.6. The summed E-state index contributed by atoms with van der Waals surface area (Å²) >= 11 is 0. The van der Waals surface area contributed by atoms with Crippen LogP contribution in [0.5, 0.6) is 23.0 Å². The third-order valence-electron chi connectivity index (χ3n) is 7.87. The average Bonchev–Trinajstić information content (AvgIpc) is 2.86. The number of benzene rings is 3. The summed E-state index contributed by atoms with van der Waals surface area (Å²) in [7, 11) is 0. The zero-order valence-electron chi connectivity index (χ0n) is 27.8. The van der Waals surface area contributed by atoms with Gasteiger partial charge in [0.2, 0.25) is 0 Å². The molecule has 6 heteroatoms. The Labute approximate surface area is 256 Å². The third kappa shape index (κ3) is 7.23. The fourth-order valence-corrected chi connectivity index (χ4v) is 5.11. The summed E-state index contributed by atoms with van der Waals surface area (Å²) in [6.45, 7) is 23.6. The molecule has 0 fully saturated rings. The molecule has 3 aromatic rings. The number of carbonyl (C=O) groups excluding carboxylic acids is 2. The highest BCUT2D eigenvalue weighted by molar-refractivity contribution is 6.11. The van der Waals surface area contributed by atoms with Crippen LogP contribution in [0.4, 0.5) is 0 Å². The number of hydrogen-bond acceptors (Lipinski definition) is 6. The lowest BCUT2D eigenvalue weighted by atomic mass is 9.77. The van der Waals surface area contributed by atoms with Gasteiger partial charge in [0.1, 0.15) is 23.0 Å². The number of phenols is 3. The number of ketones is 1. The van der Waals surface area contributed by atoms with E-state index < -0.39 is 28.5 Å². The van der Waals surface area contributed by atoms with Crippen LogP contribution in [0.1, 0.15) is 139 Å². The van der Waals surface area contributed by atoms with Crippen molar-refractivity contribution < 1.29 is 29.6 Å². The number of aromatic hydroxyl groups is 3. The van der Waals surface area contributed by atoms with Crippen LogP contribution in [0.25, 0.3) is 0 Å². The number of ether oxygens (including phenoxy) is 1. The van der Waals surface area contributed by atoms with Crippen molar-refractivity contribution in [1.82, 2.24) is 0 Å². The number of phenolic OH excluding ortho intramolecular Hbond substituents is 3. The Balaban J connectivity index is 1.94. The molecule has 0 aliphatic heterocycles. The van der Waals surface area contributed by atoms with Crippen LogP contribution < -0.4 is 4.74 Å². The van der Waals surface area contributed by atoms with Gasteiger partial charge in [0, 0.05) is 22.8 Å². The molecule has 3 aromatic carbocycles. The third-order valence-corrected chi connectivity index (χ3v) is 7.87. The van der Waals surface area contributed by atoms with Gasteiger partial charge in [0.15, 0.2) is 5.78 Å². The summed E-state index contributed by atoms with van der Waals surface area (Å²) in [5, 5.41) is 32.8. The van der Waals surface area contributed by atoms with Gasteiger partial charge in [0.05, 0.1) is 11.5 Å². The molecule has 0 aliphatic rings. The normalized spacial score (nSPS) is 13.2. The molecule has 3 rings (SSSR count). The van der Waals surface area contributed by atoms with E-state index in [0.717, 1.165) is 16.7 Å². The smallest absolute Gasteiger partial charge is 0.318 e. The lowest BCUT2D eigenvalue weighted by Crippen LogP contribution is -2.19. The maximum Gasteiger partial charge on any atom is 0.318 e. The molecule has 0 saturated carbocycles. The van der Waals surface area contributed by atoms with E-state index in [1.54, 1.807) is 19.1 Å². The molecule has 0 amide bonds. The first-order chi connectivity index (χ1) is 19.5. The zero-order chi connectivity index (χ0) is 32.8. The second-order valence-electron chi connectivity index (χ2n) is 15.0. The summed E-state index contributed by atoms with van der Waals surface area (Å²) in [5.74, 6) is -1.31. The lowest BCUT2D eigenvalue weighted by Gasteiger charge is -2.28. The summed E-state index contributed by atoms with van der Waals surface area (Å²) in [6.07, 6.45) is 0. The summed E-state index contributed by atoms with van der Waals surface area (Å²) in [4.78, 5) is 26.9. The molecule has 0 radical (unpaired) electrons. The van der Waals surface area contributed by atoms with Gasteiger partial charge in [-0.05, 0) is 70.0 Å². The molecule has 43 heavy (non-hydrogen) atoms. The summed E-state index contributed by atoms with van der Waals surface area (Å²) in [5.41, 5.74) is 2.78. The van der Waals surface area contributed by atoms with E-state index >= 15 is 0 Å². The Morgan fingerprint density at radius 2 is 1.16 bits per heavy atom. The lowest BCUT2D eigenvalue weighted by molar-refractivity contribution is -0.135. The summed E-state index contributed by atoms with van der Waals surface area (Å²) < 4.78 is 5.65. The van der Waals surface area contributed by atoms with Gasteiger partial charge >= 0.3 is 5.97 Å². The standard InChI is InChI=1S/C37H48O6/c1-20(2)26-15-22(16-27(32(26)40)35(4,5)6)21(3)34(42)43-24-13-14-25(30(38)19-24)31(39)23-17-28(36(7,8)9)33(41)29(18-23)37(10,11)12/h13-21,38,40-41H,1-12H3. The van der Waals surface area contributed by atoms with Crippen molar-refractivity contribution in [2.24, 2.45) is 0 Å². The molecule has 1 unspecified atom stereocenters. The highest BCUT2D eigenvalue weighted by Crippen LogP contribution is 2.42. The Morgan fingerprint density at radius 1 is 0.674 bits per heavy atom. The molecule has 0 aliphatic carbocycles. The fourth-order valence-electron chi connectivity index (χ4n) is 5.11. The molecule has 1 atom stereocenters. The Hall–Kier alpha value is -3.80. The minimum atomic E-state index is -0.647. The largest absolute Gasteiger partial charge is 0.507 e. The predicted molar refractivity (Wildman–Crippen MR) is 172 cm³/mol. The monoisotopic (exact) mass is 588 g/mol. The van der Waals surface area contributed by atoms with Crippen LogP contribution in [-0.2, 0) is 21.0 Å².